The number of hydrogen-bond donors (Lipinski definition) is 2. The topological polar surface area (TPSA) is 85.1 Å². The van der Waals surface area contributed by atoms with E-state index in [4.69, 9.17) is 11.6 Å². The number of rotatable bonds is 3. The zero-order chi connectivity index (χ0) is 18.0. The highest BCUT2D eigenvalue weighted by Crippen LogP contribution is 2.11. The minimum absolute atomic E-state index is 0.207. The van der Waals surface area contributed by atoms with Crippen LogP contribution in [-0.2, 0) is 18.4 Å². The van der Waals surface area contributed by atoms with Crippen LogP contribution in [0.1, 0.15) is 10.4 Å². The highest BCUT2D eigenvalue weighted by molar-refractivity contribution is 6.30. The summed E-state index contributed by atoms with van der Waals surface area (Å²) in [6.45, 7) is -0.207. The molecule has 0 bridgehead atoms. The first-order valence-electron chi connectivity index (χ1n) is 7.46. The molecule has 0 aliphatic heterocycles. The Hall–Kier alpha value is -3.06. The number of hydrogen-bond acceptors (Lipinski definition) is 3. The second-order valence-corrected chi connectivity index (χ2v) is 5.86. The number of nitrogens with zero attached hydrogens (tertiary/aromatic N) is 2. The third-order valence-electron chi connectivity index (χ3n) is 3.78. The van der Waals surface area contributed by atoms with Crippen molar-refractivity contribution in [2.75, 3.05) is 0 Å². The molecule has 8 heteroatoms. The Morgan fingerprint density at radius 3 is 2.32 bits per heavy atom. The van der Waals surface area contributed by atoms with Crippen molar-refractivity contribution in [3.05, 3.63) is 69.6 Å². The van der Waals surface area contributed by atoms with Crippen LogP contribution in [0.5, 0.6) is 0 Å². The van der Waals surface area contributed by atoms with E-state index in [-0.39, 0.29) is 12.2 Å². The zero-order valence-corrected chi connectivity index (χ0v) is 14.1. The van der Waals surface area contributed by atoms with Crippen LogP contribution < -0.4 is 16.5 Å². The van der Waals surface area contributed by atoms with Gasteiger partial charge in [-0.25, -0.2) is 4.79 Å². The number of carbonyl (C=O) groups excluding carboxylic acids is 2. The Morgan fingerprint density at radius 1 is 1.00 bits per heavy atom. The first kappa shape index (κ1) is 16.8. The van der Waals surface area contributed by atoms with Gasteiger partial charge in [0.05, 0.1) is 11.0 Å². The minimum atomic E-state index is -0.513. The summed E-state index contributed by atoms with van der Waals surface area (Å²) in [6.07, 6.45) is 0. The average Bonchev–Trinajstić information content (AvgIpc) is 2.85. The van der Waals surface area contributed by atoms with Crippen LogP contribution in [0.3, 0.4) is 0 Å². The molecule has 0 unspecified atom stereocenters. The van der Waals surface area contributed by atoms with Gasteiger partial charge in [-0.3, -0.25) is 29.6 Å². The van der Waals surface area contributed by atoms with Crippen LogP contribution in [-0.4, -0.2) is 20.9 Å². The normalized spacial score (nSPS) is 10.6. The van der Waals surface area contributed by atoms with Crippen LogP contribution >= 0.6 is 11.6 Å². The molecule has 3 aromatic rings. The Labute approximate surface area is 147 Å². The second kappa shape index (κ2) is 6.82. The number of nitrogens with one attached hydrogen (secondary N) is 2. The molecule has 2 amide bonds. The molecule has 1 heterocycles. The lowest BCUT2D eigenvalue weighted by atomic mass is 10.2. The van der Waals surface area contributed by atoms with Gasteiger partial charge in [0.25, 0.3) is 11.8 Å². The summed E-state index contributed by atoms with van der Waals surface area (Å²) in [5, 5.41) is 0.510. The second-order valence-electron chi connectivity index (χ2n) is 5.43. The predicted octanol–water partition coefficient (Wildman–Crippen LogP) is 1.45. The SMILES string of the molecule is Cn1c(=O)n(CC(=O)NNC(=O)c2ccc(Cl)cc2)c2ccccc21. The van der Waals surface area contributed by atoms with Crippen molar-refractivity contribution in [3.63, 3.8) is 0 Å². The van der Waals surface area contributed by atoms with E-state index in [2.05, 4.69) is 10.9 Å². The maximum Gasteiger partial charge on any atom is 0.329 e. The van der Waals surface area contributed by atoms with Crippen LogP contribution in [0.4, 0.5) is 0 Å². The van der Waals surface area contributed by atoms with Crippen molar-refractivity contribution in [1.82, 2.24) is 20.0 Å². The number of benzene rings is 2. The number of para-hydroxylation sites is 2. The van der Waals surface area contributed by atoms with Gasteiger partial charge in [-0.1, -0.05) is 23.7 Å². The van der Waals surface area contributed by atoms with Gasteiger partial charge in [0.1, 0.15) is 6.54 Å². The van der Waals surface area contributed by atoms with Gasteiger partial charge in [0, 0.05) is 17.6 Å². The number of fused-ring (bicyclic) bond motifs is 1. The van der Waals surface area contributed by atoms with E-state index in [1.54, 1.807) is 49.5 Å². The standard InChI is InChI=1S/C17H15ClN4O3/c1-21-13-4-2-3-5-14(13)22(17(21)25)10-15(23)19-20-16(24)11-6-8-12(18)9-7-11/h2-9H,10H2,1H3,(H,19,23)(H,20,24). The number of amides is 2. The van der Waals surface area contributed by atoms with Gasteiger partial charge >= 0.3 is 5.69 Å². The van der Waals surface area contributed by atoms with Gasteiger partial charge in [0.15, 0.2) is 0 Å². The molecule has 0 aliphatic carbocycles. The third kappa shape index (κ3) is 3.41. The largest absolute Gasteiger partial charge is 0.329 e. The van der Waals surface area contributed by atoms with E-state index in [1.807, 2.05) is 6.07 Å². The molecule has 7 nitrogen and oxygen atoms in total. The number of imidazole rings is 1. The molecule has 0 saturated carbocycles. The number of hydrazine groups is 1. The fourth-order valence-corrected chi connectivity index (χ4v) is 2.63. The molecular weight excluding hydrogens is 344 g/mol. The highest BCUT2D eigenvalue weighted by atomic mass is 35.5. The summed E-state index contributed by atoms with van der Waals surface area (Å²) in [7, 11) is 1.64. The summed E-state index contributed by atoms with van der Waals surface area (Å²) in [6, 6.07) is 13.4. The lowest BCUT2D eigenvalue weighted by Gasteiger charge is -2.08. The molecule has 0 fully saturated rings. The van der Waals surface area contributed by atoms with E-state index in [0.29, 0.717) is 16.1 Å². The lowest BCUT2D eigenvalue weighted by Crippen LogP contribution is -2.44. The zero-order valence-electron chi connectivity index (χ0n) is 13.3. The van der Waals surface area contributed by atoms with E-state index < -0.39 is 11.8 Å². The summed E-state index contributed by atoms with van der Waals surface area (Å²) in [5.74, 6) is -0.990. The van der Waals surface area contributed by atoms with Crippen molar-refractivity contribution < 1.29 is 9.59 Å². The monoisotopic (exact) mass is 358 g/mol. The number of halogens is 1. The maximum absolute atomic E-state index is 12.3. The minimum Gasteiger partial charge on any atom is -0.295 e. The van der Waals surface area contributed by atoms with Gasteiger partial charge in [-0.05, 0) is 36.4 Å². The van der Waals surface area contributed by atoms with Crippen molar-refractivity contribution in [1.29, 1.82) is 0 Å². The summed E-state index contributed by atoms with van der Waals surface area (Å²) in [4.78, 5) is 36.3. The summed E-state index contributed by atoms with van der Waals surface area (Å²) in [5.41, 5.74) is 6.04. The molecule has 2 aromatic carbocycles. The van der Waals surface area contributed by atoms with E-state index in [9.17, 15) is 14.4 Å². The molecule has 0 saturated heterocycles. The Balaban J connectivity index is 1.69. The number of carbonyl (C=O) groups is 2. The predicted molar refractivity (Wildman–Crippen MR) is 94.2 cm³/mol. The molecule has 25 heavy (non-hydrogen) atoms. The molecule has 0 radical (unpaired) electrons. The van der Waals surface area contributed by atoms with Crippen molar-refractivity contribution in [2.24, 2.45) is 7.05 Å². The molecular formula is C17H15ClN4O3. The van der Waals surface area contributed by atoms with Gasteiger partial charge in [-0.15, -0.1) is 0 Å². The molecule has 3 rings (SSSR count). The smallest absolute Gasteiger partial charge is 0.295 e. The fraction of sp³-hybridized carbons (Fsp3) is 0.118. The Kier molecular flexibility index (Phi) is 4.58. The van der Waals surface area contributed by atoms with Gasteiger partial charge in [0.2, 0.25) is 0 Å². The summed E-state index contributed by atoms with van der Waals surface area (Å²) >= 11 is 5.76. The van der Waals surface area contributed by atoms with E-state index in [1.165, 1.54) is 9.13 Å². The molecule has 0 spiro atoms. The molecule has 1 aromatic heterocycles. The van der Waals surface area contributed by atoms with Crippen LogP contribution in [0.25, 0.3) is 11.0 Å². The van der Waals surface area contributed by atoms with Crippen molar-refractivity contribution in [2.45, 2.75) is 6.54 Å². The van der Waals surface area contributed by atoms with Crippen LogP contribution in [0.15, 0.2) is 53.3 Å². The lowest BCUT2D eigenvalue weighted by molar-refractivity contribution is -0.122. The molecule has 0 aliphatic rings. The Bertz CT molecular complexity index is 1000. The van der Waals surface area contributed by atoms with Gasteiger partial charge < -0.3 is 0 Å². The third-order valence-corrected chi connectivity index (χ3v) is 4.03. The average molecular weight is 359 g/mol. The number of aromatic nitrogens is 2. The van der Waals surface area contributed by atoms with Gasteiger partial charge in [-0.2, -0.15) is 0 Å². The number of aryl methyl sites for hydroxylation is 1. The first-order chi connectivity index (χ1) is 12.0. The molecule has 0 atom stereocenters. The van der Waals surface area contributed by atoms with Crippen molar-refractivity contribution >= 4 is 34.4 Å². The highest BCUT2D eigenvalue weighted by Gasteiger charge is 2.14. The molecule has 2 N–H and O–H groups in total. The Morgan fingerprint density at radius 2 is 1.64 bits per heavy atom. The van der Waals surface area contributed by atoms with E-state index >= 15 is 0 Å². The van der Waals surface area contributed by atoms with Crippen molar-refractivity contribution in [3.8, 4) is 0 Å². The maximum atomic E-state index is 12.3. The fourth-order valence-electron chi connectivity index (χ4n) is 2.50. The summed E-state index contributed by atoms with van der Waals surface area (Å²) < 4.78 is 2.81. The first-order valence-corrected chi connectivity index (χ1v) is 7.84. The molecule has 128 valence electrons. The quantitative estimate of drug-likeness (QED) is 0.695. The van der Waals surface area contributed by atoms with E-state index in [0.717, 1.165) is 5.52 Å². The van der Waals surface area contributed by atoms with Crippen LogP contribution in [0, 0.1) is 0 Å². The van der Waals surface area contributed by atoms with Crippen LogP contribution in [0.2, 0.25) is 5.02 Å².